The van der Waals surface area contributed by atoms with Crippen molar-refractivity contribution in [3.63, 3.8) is 0 Å². The highest BCUT2D eigenvalue weighted by Gasteiger charge is 2.17. The molecule has 25 heavy (non-hydrogen) atoms. The minimum atomic E-state index is -0.916. The largest absolute Gasteiger partial charge is 0.491 e. The van der Waals surface area contributed by atoms with Crippen LogP contribution in [0.2, 0.25) is 0 Å². The number of nitrogens with one attached hydrogen (secondary N) is 1. The topological polar surface area (TPSA) is 75.6 Å². The zero-order chi connectivity index (χ0) is 18.4. The maximum atomic E-state index is 12.5. The molecule has 0 heterocycles. The average molecular weight is 359 g/mol. The number of benzene rings is 2. The lowest BCUT2D eigenvalue weighted by Crippen LogP contribution is -2.15. The quantitative estimate of drug-likeness (QED) is 0.721. The number of aliphatic carboxylic acids is 1. The van der Waals surface area contributed by atoms with E-state index in [0.29, 0.717) is 16.1 Å². The number of thioether (sulfide) groups is 1. The molecule has 2 rings (SSSR count). The Balaban J connectivity index is 2.11. The Labute approximate surface area is 151 Å². The van der Waals surface area contributed by atoms with Crippen molar-refractivity contribution in [2.24, 2.45) is 0 Å². The van der Waals surface area contributed by atoms with E-state index in [2.05, 4.69) is 5.32 Å². The summed E-state index contributed by atoms with van der Waals surface area (Å²) >= 11 is 1.15. The van der Waals surface area contributed by atoms with Crippen LogP contribution in [0.15, 0.2) is 53.4 Å². The van der Waals surface area contributed by atoms with Crippen LogP contribution in [0, 0.1) is 0 Å². The van der Waals surface area contributed by atoms with E-state index in [1.165, 1.54) is 0 Å². The molecule has 6 heteroatoms. The van der Waals surface area contributed by atoms with Crippen LogP contribution in [-0.4, -0.2) is 28.3 Å². The molecule has 2 aromatic rings. The van der Waals surface area contributed by atoms with Crippen molar-refractivity contribution in [1.29, 1.82) is 0 Å². The van der Waals surface area contributed by atoms with Gasteiger partial charge in [-0.1, -0.05) is 12.1 Å². The number of hydrogen-bond donors (Lipinski definition) is 2. The standard InChI is InChI=1S/C19H21NO4S/c1-12(2)24-15-10-8-14(9-11-15)20-18(21)16-6-4-5-7-17(16)25-13(3)19(22)23/h4-13H,1-3H3,(H,20,21)(H,22,23). The normalized spacial score (nSPS) is 11.8. The van der Waals surface area contributed by atoms with Crippen molar-refractivity contribution >= 4 is 29.3 Å². The van der Waals surface area contributed by atoms with Gasteiger partial charge in [0.05, 0.1) is 11.7 Å². The fourth-order valence-corrected chi connectivity index (χ4v) is 3.01. The van der Waals surface area contributed by atoms with Crippen LogP contribution in [-0.2, 0) is 4.79 Å². The van der Waals surface area contributed by atoms with Crippen LogP contribution in [0.5, 0.6) is 5.75 Å². The van der Waals surface area contributed by atoms with Gasteiger partial charge in [-0.3, -0.25) is 9.59 Å². The Bertz CT molecular complexity index is 743. The van der Waals surface area contributed by atoms with Crippen molar-refractivity contribution in [2.45, 2.75) is 37.0 Å². The molecule has 0 bridgehead atoms. The van der Waals surface area contributed by atoms with Gasteiger partial charge in [-0.05, 0) is 57.2 Å². The monoisotopic (exact) mass is 359 g/mol. The minimum absolute atomic E-state index is 0.0839. The molecule has 0 aliphatic heterocycles. The molecule has 1 unspecified atom stereocenters. The van der Waals surface area contributed by atoms with Gasteiger partial charge in [0, 0.05) is 10.6 Å². The Morgan fingerprint density at radius 2 is 1.68 bits per heavy atom. The van der Waals surface area contributed by atoms with Crippen LogP contribution in [0.1, 0.15) is 31.1 Å². The second-order valence-corrected chi connectivity index (χ2v) is 7.12. The van der Waals surface area contributed by atoms with E-state index in [-0.39, 0.29) is 12.0 Å². The van der Waals surface area contributed by atoms with Crippen LogP contribution < -0.4 is 10.1 Å². The van der Waals surface area contributed by atoms with E-state index in [9.17, 15) is 9.59 Å². The van der Waals surface area contributed by atoms with E-state index in [1.54, 1.807) is 55.5 Å². The molecule has 0 saturated carbocycles. The molecule has 5 nitrogen and oxygen atoms in total. The Morgan fingerprint density at radius 1 is 1.04 bits per heavy atom. The van der Waals surface area contributed by atoms with E-state index in [1.807, 2.05) is 13.8 Å². The number of rotatable bonds is 7. The van der Waals surface area contributed by atoms with Gasteiger partial charge in [0.1, 0.15) is 11.0 Å². The van der Waals surface area contributed by atoms with Crippen molar-refractivity contribution in [2.75, 3.05) is 5.32 Å². The molecule has 1 amide bonds. The lowest BCUT2D eigenvalue weighted by molar-refractivity contribution is -0.136. The molecule has 0 aliphatic rings. The fraction of sp³-hybridized carbons (Fsp3) is 0.263. The average Bonchev–Trinajstić information content (AvgIpc) is 2.56. The first-order chi connectivity index (χ1) is 11.9. The van der Waals surface area contributed by atoms with Gasteiger partial charge in [0.2, 0.25) is 0 Å². The van der Waals surface area contributed by atoms with Gasteiger partial charge in [-0.2, -0.15) is 0 Å². The van der Waals surface area contributed by atoms with Crippen molar-refractivity contribution in [3.05, 3.63) is 54.1 Å². The first-order valence-electron chi connectivity index (χ1n) is 7.93. The molecular formula is C19H21NO4S. The smallest absolute Gasteiger partial charge is 0.316 e. The summed E-state index contributed by atoms with van der Waals surface area (Å²) in [5, 5.41) is 11.3. The molecule has 0 saturated heterocycles. The minimum Gasteiger partial charge on any atom is -0.491 e. The Kier molecular flexibility index (Phi) is 6.47. The van der Waals surface area contributed by atoms with Crippen molar-refractivity contribution < 1.29 is 19.4 Å². The van der Waals surface area contributed by atoms with E-state index in [4.69, 9.17) is 9.84 Å². The number of carboxylic acid groups (broad SMARTS) is 1. The van der Waals surface area contributed by atoms with Crippen LogP contribution in [0.25, 0.3) is 0 Å². The van der Waals surface area contributed by atoms with Gasteiger partial charge in [0.15, 0.2) is 0 Å². The third kappa shape index (κ3) is 5.53. The predicted molar refractivity (Wildman–Crippen MR) is 99.6 cm³/mol. The number of hydrogen-bond acceptors (Lipinski definition) is 4. The highest BCUT2D eigenvalue weighted by atomic mass is 32.2. The lowest BCUT2D eigenvalue weighted by atomic mass is 10.2. The molecular weight excluding hydrogens is 338 g/mol. The summed E-state index contributed by atoms with van der Waals surface area (Å²) in [6, 6.07) is 14.1. The predicted octanol–water partition coefficient (Wildman–Crippen LogP) is 4.29. The first kappa shape index (κ1) is 18.9. The van der Waals surface area contributed by atoms with E-state index in [0.717, 1.165) is 17.5 Å². The summed E-state index contributed by atoms with van der Waals surface area (Å²) in [7, 11) is 0. The Hall–Kier alpha value is -2.47. The van der Waals surface area contributed by atoms with Gasteiger partial charge >= 0.3 is 5.97 Å². The molecule has 0 aromatic heterocycles. The number of carbonyl (C=O) groups is 2. The second-order valence-electron chi connectivity index (χ2n) is 5.74. The van der Waals surface area contributed by atoms with Gasteiger partial charge < -0.3 is 15.2 Å². The zero-order valence-electron chi connectivity index (χ0n) is 14.4. The maximum absolute atomic E-state index is 12.5. The molecule has 0 radical (unpaired) electrons. The maximum Gasteiger partial charge on any atom is 0.316 e. The molecule has 0 aliphatic carbocycles. The summed E-state index contributed by atoms with van der Waals surface area (Å²) in [6.07, 6.45) is 0.0839. The van der Waals surface area contributed by atoms with E-state index < -0.39 is 11.2 Å². The summed E-state index contributed by atoms with van der Waals surface area (Å²) in [6.45, 7) is 5.49. The van der Waals surface area contributed by atoms with Crippen LogP contribution in [0.3, 0.4) is 0 Å². The number of amides is 1. The summed E-state index contributed by atoms with van der Waals surface area (Å²) in [5.74, 6) is -0.460. The number of ether oxygens (including phenoxy) is 1. The highest BCUT2D eigenvalue weighted by Crippen LogP contribution is 2.28. The molecule has 2 N–H and O–H groups in total. The number of carboxylic acids is 1. The van der Waals surface area contributed by atoms with Gasteiger partial charge in [-0.25, -0.2) is 0 Å². The first-order valence-corrected chi connectivity index (χ1v) is 8.81. The zero-order valence-corrected chi connectivity index (χ0v) is 15.2. The lowest BCUT2D eigenvalue weighted by Gasteiger charge is -2.13. The second kappa shape index (κ2) is 8.58. The summed E-state index contributed by atoms with van der Waals surface area (Å²) in [4.78, 5) is 24.2. The Morgan fingerprint density at radius 3 is 2.28 bits per heavy atom. The molecule has 2 aromatic carbocycles. The number of anilines is 1. The highest BCUT2D eigenvalue weighted by molar-refractivity contribution is 8.00. The van der Waals surface area contributed by atoms with Gasteiger partial charge in [-0.15, -0.1) is 11.8 Å². The van der Waals surface area contributed by atoms with Gasteiger partial charge in [0.25, 0.3) is 5.91 Å². The third-order valence-electron chi connectivity index (χ3n) is 3.27. The molecule has 1 atom stereocenters. The summed E-state index contributed by atoms with van der Waals surface area (Å²) < 4.78 is 5.57. The third-order valence-corrected chi connectivity index (χ3v) is 4.43. The summed E-state index contributed by atoms with van der Waals surface area (Å²) in [5.41, 5.74) is 1.09. The molecule has 132 valence electrons. The van der Waals surface area contributed by atoms with Crippen molar-refractivity contribution in [1.82, 2.24) is 0 Å². The molecule has 0 fully saturated rings. The van der Waals surface area contributed by atoms with Crippen LogP contribution >= 0.6 is 11.8 Å². The van der Waals surface area contributed by atoms with E-state index >= 15 is 0 Å². The SMILES string of the molecule is CC(C)Oc1ccc(NC(=O)c2ccccc2SC(C)C(=O)O)cc1. The fourth-order valence-electron chi connectivity index (χ4n) is 2.09. The number of carbonyl (C=O) groups excluding carboxylic acids is 1. The van der Waals surface area contributed by atoms with Crippen molar-refractivity contribution in [3.8, 4) is 5.75 Å². The molecule has 0 spiro atoms. The van der Waals surface area contributed by atoms with Crippen LogP contribution in [0.4, 0.5) is 5.69 Å².